The summed E-state index contributed by atoms with van der Waals surface area (Å²) in [5.41, 5.74) is 2.18. The molecule has 1 atom stereocenters. The van der Waals surface area contributed by atoms with Crippen molar-refractivity contribution in [3.8, 4) is 11.5 Å². The zero-order valence-corrected chi connectivity index (χ0v) is 18.1. The molecule has 0 heterocycles. The van der Waals surface area contributed by atoms with E-state index in [1.807, 2.05) is 26.0 Å². The summed E-state index contributed by atoms with van der Waals surface area (Å²) >= 11 is 0. The summed E-state index contributed by atoms with van der Waals surface area (Å²) in [4.78, 5) is 36.1. The van der Waals surface area contributed by atoms with Crippen LogP contribution in [0.25, 0.3) is 0 Å². The molecular formula is C24H29NO6. The molecule has 1 amide bonds. The van der Waals surface area contributed by atoms with E-state index in [2.05, 4.69) is 5.32 Å². The Morgan fingerprint density at radius 3 is 2.35 bits per heavy atom. The summed E-state index contributed by atoms with van der Waals surface area (Å²) in [5.74, 6) is -0.561. The highest BCUT2D eigenvalue weighted by Gasteiger charge is 2.20. The van der Waals surface area contributed by atoms with Gasteiger partial charge < -0.3 is 19.9 Å². The van der Waals surface area contributed by atoms with Crippen molar-refractivity contribution >= 4 is 17.7 Å². The van der Waals surface area contributed by atoms with Gasteiger partial charge >= 0.3 is 5.97 Å². The molecule has 0 radical (unpaired) electrons. The monoisotopic (exact) mass is 427 g/mol. The average molecular weight is 427 g/mol. The fraction of sp³-hybridized carbons (Fsp3) is 0.375. The predicted molar refractivity (Wildman–Crippen MR) is 117 cm³/mol. The Hall–Kier alpha value is -3.35. The zero-order valence-electron chi connectivity index (χ0n) is 18.1. The molecule has 7 heteroatoms. The van der Waals surface area contributed by atoms with Crippen LogP contribution in [0.2, 0.25) is 0 Å². The van der Waals surface area contributed by atoms with E-state index in [0.717, 1.165) is 12.0 Å². The van der Waals surface area contributed by atoms with Crippen LogP contribution in [0.3, 0.4) is 0 Å². The number of carbonyl (C=O) groups excluding carboxylic acids is 2. The minimum absolute atomic E-state index is 0.0301. The van der Waals surface area contributed by atoms with Crippen LogP contribution in [-0.2, 0) is 9.59 Å². The maximum absolute atomic E-state index is 12.4. The van der Waals surface area contributed by atoms with E-state index in [9.17, 15) is 19.5 Å². The van der Waals surface area contributed by atoms with Crippen LogP contribution in [0.15, 0.2) is 42.5 Å². The zero-order chi connectivity index (χ0) is 22.8. The van der Waals surface area contributed by atoms with E-state index in [1.54, 1.807) is 30.3 Å². The van der Waals surface area contributed by atoms with Crippen LogP contribution in [0, 0.1) is 6.92 Å². The van der Waals surface area contributed by atoms with Gasteiger partial charge in [0.2, 0.25) is 5.91 Å². The van der Waals surface area contributed by atoms with Gasteiger partial charge in [-0.2, -0.15) is 0 Å². The van der Waals surface area contributed by atoms with Crippen LogP contribution < -0.4 is 14.8 Å². The number of carboxylic acid groups (broad SMARTS) is 1. The third-order valence-electron chi connectivity index (χ3n) is 4.72. The number of ether oxygens (including phenoxy) is 2. The summed E-state index contributed by atoms with van der Waals surface area (Å²) in [6, 6.07) is 11.5. The third-order valence-corrected chi connectivity index (χ3v) is 4.72. The first-order chi connectivity index (χ1) is 14.8. The van der Waals surface area contributed by atoms with Crippen molar-refractivity contribution in [3.63, 3.8) is 0 Å². The molecule has 0 saturated carbocycles. The Morgan fingerprint density at radius 1 is 1.03 bits per heavy atom. The molecule has 166 valence electrons. The smallest absolute Gasteiger partial charge is 0.305 e. The summed E-state index contributed by atoms with van der Waals surface area (Å²) in [6.45, 7) is 4.45. The van der Waals surface area contributed by atoms with Crippen molar-refractivity contribution < 1.29 is 29.0 Å². The van der Waals surface area contributed by atoms with Crippen molar-refractivity contribution in [2.75, 3.05) is 13.7 Å². The number of amides is 1. The molecule has 0 fully saturated rings. The lowest BCUT2D eigenvalue weighted by molar-refractivity contribution is -0.137. The topological polar surface area (TPSA) is 102 Å². The van der Waals surface area contributed by atoms with Crippen LogP contribution in [0.5, 0.6) is 11.5 Å². The predicted octanol–water partition coefficient (Wildman–Crippen LogP) is 4.09. The molecule has 0 aliphatic rings. The number of nitrogens with one attached hydrogen (secondary N) is 1. The number of rotatable bonds is 12. The van der Waals surface area contributed by atoms with E-state index in [4.69, 9.17) is 9.47 Å². The number of aryl methyl sites for hydroxylation is 1. The van der Waals surface area contributed by atoms with Crippen LogP contribution in [0.4, 0.5) is 0 Å². The summed E-state index contributed by atoms with van der Waals surface area (Å²) < 4.78 is 11.0. The molecule has 2 N–H and O–H groups in total. The molecule has 0 aliphatic heterocycles. The van der Waals surface area contributed by atoms with Gasteiger partial charge in [0.15, 0.2) is 17.3 Å². The molecule has 0 aliphatic carbocycles. The Bertz CT molecular complexity index is 907. The lowest BCUT2D eigenvalue weighted by Gasteiger charge is -2.19. The first-order valence-electron chi connectivity index (χ1n) is 10.3. The number of Topliss-reactive ketones (excluding diaryl/α,β-unsaturated/α-hetero) is 1. The maximum atomic E-state index is 12.4. The average Bonchev–Trinajstić information content (AvgIpc) is 2.75. The number of carbonyl (C=O) groups is 3. The maximum Gasteiger partial charge on any atom is 0.305 e. The summed E-state index contributed by atoms with van der Waals surface area (Å²) in [7, 11) is 1.50. The second kappa shape index (κ2) is 11.7. The number of ketones is 1. The van der Waals surface area contributed by atoms with Gasteiger partial charge in [0, 0.05) is 18.4 Å². The van der Waals surface area contributed by atoms with Crippen LogP contribution >= 0.6 is 0 Å². The number of aliphatic carboxylic acids is 1. The van der Waals surface area contributed by atoms with Crippen LogP contribution in [-0.4, -0.2) is 36.5 Å². The summed E-state index contributed by atoms with van der Waals surface area (Å²) in [6.07, 6.45) is 0.555. The van der Waals surface area contributed by atoms with Crippen LogP contribution in [0.1, 0.15) is 60.1 Å². The minimum atomic E-state index is -1.05. The molecule has 2 aromatic rings. The molecule has 2 aromatic carbocycles. The Labute approximate surface area is 182 Å². The second-order valence-corrected chi connectivity index (χ2v) is 7.27. The number of carboxylic acids is 1. The standard InChI is InChI=1S/C24H29NO6/c1-4-13-31-21-11-9-18(14-22(21)30-3)19(15-24(28)29)25-23(27)12-10-20(26)17-7-5-16(2)6-8-17/h5-9,11,14,19H,4,10,12-13,15H2,1-3H3,(H,25,27)(H,28,29). The highest BCUT2D eigenvalue weighted by Crippen LogP contribution is 2.31. The van der Waals surface area contributed by atoms with E-state index < -0.39 is 17.9 Å². The normalized spacial score (nSPS) is 11.5. The molecule has 0 saturated heterocycles. The second-order valence-electron chi connectivity index (χ2n) is 7.27. The van der Waals surface area contributed by atoms with Gasteiger partial charge in [0.25, 0.3) is 0 Å². The SMILES string of the molecule is CCCOc1ccc(C(CC(=O)O)NC(=O)CCC(=O)c2ccc(C)cc2)cc1OC. The molecule has 7 nitrogen and oxygen atoms in total. The van der Waals surface area contributed by atoms with Gasteiger partial charge in [0.05, 0.1) is 26.2 Å². The Kier molecular flexibility index (Phi) is 9.06. The van der Waals surface area contributed by atoms with E-state index in [0.29, 0.717) is 29.2 Å². The minimum Gasteiger partial charge on any atom is -0.493 e. The molecular weight excluding hydrogens is 398 g/mol. The van der Waals surface area contributed by atoms with Crippen molar-refractivity contribution in [2.45, 2.75) is 45.6 Å². The van der Waals surface area contributed by atoms with E-state index >= 15 is 0 Å². The highest BCUT2D eigenvalue weighted by atomic mass is 16.5. The van der Waals surface area contributed by atoms with Gasteiger partial charge in [-0.1, -0.05) is 42.8 Å². The van der Waals surface area contributed by atoms with Crippen molar-refractivity contribution in [1.82, 2.24) is 5.32 Å². The number of benzene rings is 2. The lowest BCUT2D eigenvalue weighted by Crippen LogP contribution is -2.30. The number of hydrogen-bond acceptors (Lipinski definition) is 5. The van der Waals surface area contributed by atoms with Crippen molar-refractivity contribution in [1.29, 1.82) is 0 Å². The Balaban J connectivity index is 2.06. The fourth-order valence-electron chi connectivity index (χ4n) is 3.04. The fourth-order valence-corrected chi connectivity index (χ4v) is 3.04. The highest BCUT2D eigenvalue weighted by molar-refractivity contribution is 5.98. The first-order valence-corrected chi connectivity index (χ1v) is 10.3. The van der Waals surface area contributed by atoms with Crippen molar-refractivity contribution in [3.05, 3.63) is 59.2 Å². The van der Waals surface area contributed by atoms with Gasteiger partial charge in [-0.3, -0.25) is 14.4 Å². The molecule has 2 rings (SSSR count). The van der Waals surface area contributed by atoms with Gasteiger partial charge in [-0.15, -0.1) is 0 Å². The number of methoxy groups -OCH3 is 1. The Morgan fingerprint density at radius 2 is 1.74 bits per heavy atom. The van der Waals surface area contributed by atoms with E-state index in [1.165, 1.54) is 7.11 Å². The molecule has 0 spiro atoms. The van der Waals surface area contributed by atoms with Gasteiger partial charge in [0.1, 0.15) is 0 Å². The lowest BCUT2D eigenvalue weighted by atomic mass is 10.0. The summed E-state index contributed by atoms with van der Waals surface area (Å²) in [5, 5.41) is 12.0. The molecule has 31 heavy (non-hydrogen) atoms. The van der Waals surface area contributed by atoms with Gasteiger partial charge in [-0.05, 0) is 31.0 Å². The quantitative estimate of drug-likeness (QED) is 0.495. The van der Waals surface area contributed by atoms with Gasteiger partial charge in [-0.25, -0.2) is 0 Å². The molecule has 1 unspecified atom stereocenters. The molecule has 0 bridgehead atoms. The third kappa shape index (κ3) is 7.44. The first kappa shape index (κ1) is 23.9. The van der Waals surface area contributed by atoms with E-state index in [-0.39, 0.29) is 25.0 Å². The van der Waals surface area contributed by atoms with Crippen molar-refractivity contribution in [2.24, 2.45) is 0 Å². The largest absolute Gasteiger partial charge is 0.493 e. The number of hydrogen-bond donors (Lipinski definition) is 2. The molecule has 0 aromatic heterocycles.